The van der Waals surface area contributed by atoms with E-state index in [0.717, 1.165) is 0 Å². The van der Waals surface area contributed by atoms with Crippen LogP contribution in [0.2, 0.25) is 0 Å². The van der Waals surface area contributed by atoms with Gasteiger partial charge in [0.05, 0.1) is 23.8 Å². The summed E-state index contributed by atoms with van der Waals surface area (Å²) in [4.78, 5) is 35.3. The number of hydrogen-bond donors (Lipinski definition) is 3. The van der Waals surface area contributed by atoms with Crippen LogP contribution in [0.3, 0.4) is 0 Å². The summed E-state index contributed by atoms with van der Waals surface area (Å²) in [5.74, 6) is -1.39. The molecule has 1 aromatic rings. The zero-order chi connectivity index (χ0) is 17.0. The molecule has 0 bridgehead atoms. The quantitative estimate of drug-likeness (QED) is 0.348. The summed E-state index contributed by atoms with van der Waals surface area (Å²) in [7, 11) is 0. The number of benzene rings is 1. The molecule has 9 heteroatoms. The van der Waals surface area contributed by atoms with Crippen molar-refractivity contribution in [2.45, 2.75) is 13.0 Å². The Labute approximate surface area is 131 Å². The molecular formula is C14H17N3O6. The minimum Gasteiger partial charge on any atom is -0.395 e. The number of aliphatic hydroxyl groups excluding tert-OH is 2. The van der Waals surface area contributed by atoms with Gasteiger partial charge in [-0.2, -0.15) is 0 Å². The summed E-state index contributed by atoms with van der Waals surface area (Å²) in [5.41, 5.74) is 1.11. The number of carbonyl (C=O) groups excluding carboxylic acids is 2. The van der Waals surface area contributed by atoms with Crippen molar-refractivity contribution >= 4 is 23.1 Å². The fourth-order valence-electron chi connectivity index (χ4n) is 2.51. The maximum absolute atomic E-state index is 11.6. The number of anilines is 1. The Kier molecular flexibility index (Phi) is 5.37. The first kappa shape index (κ1) is 17.0. The number of amides is 1. The molecule has 1 aromatic carbocycles. The summed E-state index contributed by atoms with van der Waals surface area (Å²) in [6.45, 7) is 0.504. The van der Waals surface area contributed by atoms with Gasteiger partial charge in [-0.05, 0) is 11.1 Å². The van der Waals surface area contributed by atoms with E-state index in [-0.39, 0.29) is 50.6 Å². The number of carbonyl (C=O) groups is 2. The molecule has 1 aliphatic heterocycles. The molecule has 0 fully saturated rings. The highest BCUT2D eigenvalue weighted by atomic mass is 16.6. The van der Waals surface area contributed by atoms with Gasteiger partial charge in [0.25, 0.3) is 11.6 Å². The lowest BCUT2D eigenvalue weighted by Gasteiger charge is -2.24. The predicted molar refractivity (Wildman–Crippen MR) is 79.9 cm³/mol. The maximum atomic E-state index is 11.6. The third-order valence-electron chi connectivity index (χ3n) is 3.60. The SMILES string of the molecule is O=C1Cc2c(CN(CCO)CCO)cc([N+](=O)[O-])cc2NC1=O. The van der Waals surface area contributed by atoms with Crippen LogP contribution in [0.25, 0.3) is 0 Å². The Balaban J connectivity index is 2.42. The van der Waals surface area contributed by atoms with Gasteiger partial charge in [0, 0.05) is 38.2 Å². The van der Waals surface area contributed by atoms with Crippen LogP contribution in [0.1, 0.15) is 11.1 Å². The van der Waals surface area contributed by atoms with E-state index in [9.17, 15) is 19.7 Å². The molecule has 1 aliphatic rings. The first-order valence-electron chi connectivity index (χ1n) is 7.04. The van der Waals surface area contributed by atoms with E-state index in [1.54, 1.807) is 4.90 Å². The fourth-order valence-corrected chi connectivity index (χ4v) is 2.51. The Hall–Kier alpha value is -2.36. The van der Waals surface area contributed by atoms with Crippen LogP contribution in [0, 0.1) is 10.1 Å². The second kappa shape index (κ2) is 7.27. The molecule has 1 heterocycles. The number of Topliss-reactive ketones (excluding diaryl/α,β-unsaturated/α-hetero) is 1. The second-order valence-electron chi connectivity index (χ2n) is 5.17. The molecule has 0 aromatic heterocycles. The molecule has 0 saturated heterocycles. The molecule has 3 N–H and O–H groups in total. The number of nitro benzene ring substituents is 1. The Morgan fingerprint density at radius 2 is 1.87 bits per heavy atom. The molecule has 0 saturated carbocycles. The van der Waals surface area contributed by atoms with Crippen LogP contribution in [0.4, 0.5) is 11.4 Å². The van der Waals surface area contributed by atoms with Crippen molar-refractivity contribution in [3.63, 3.8) is 0 Å². The van der Waals surface area contributed by atoms with Gasteiger partial charge >= 0.3 is 0 Å². The Morgan fingerprint density at radius 3 is 2.43 bits per heavy atom. The molecule has 9 nitrogen and oxygen atoms in total. The van der Waals surface area contributed by atoms with Gasteiger partial charge in [-0.3, -0.25) is 24.6 Å². The molecule has 0 atom stereocenters. The topological polar surface area (TPSA) is 133 Å². The fraction of sp³-hybridized carbons (Fsp3) is 0.429. The average molecular weight is 323 g/mol. The number of aliphatic hydroxyl groups is 2. The van der Waals surface area contributed by atoms with E-state index in [1.165, 1.54) is 12.1 Å². The number of nitro groups is 1. The van der Waals surface area contributed by atoms with Gasteiger partial charge < -0.3 is 15.5 Å². The largest absolute Gasteiger partial charge is 0.395 e. The molecule has 0 spiro atoms. The lowest BCUT2D eigenvalue weighted by molar-refractivity contribution is -0.384. The average Bonchev–Trinajstić information content (AvgIpc) is 2.49. The lowest BCUT2D eigenvalue weighted by Crippen LogP contribution is -2.33. The van der Waals surface area contributed by atoms with Gasteiger partial charge in [0.1, 0.15) is 0 Å². The maximum Gasteiger partial charge on any atom is 0.292 e. The number of ketones is 1. The number of rotatable bonds is 7. The molecule has 2 rings (SSSR count). The molecule has 23 heavy (non-hydrogen) atoms. The van der Waals surface area contributed by atoms with Crippen molar-refractivity contribution in [1.29, 1.82) is 0 Å². The normalized spacial score (nSPS) is 13.9. The summed E-state index contributed by atoms with van der Waals surface area (Å²) in [6.07, 6.45) is -0.124. The summed E-state index contributed by atoms with van der Waals surface area (Å²) >= 11 is 0. The van der Waals surface area contributed by atoms with Crippen molar-refractivity contribution < 1.29 is 24.7 Å². The minimum absolute atomic E-state index is 0.124. The zero-order valence-electron chi connectivity index (χ0n) is 12.3. The standard InChI is InChI=1S/C14H17N3O6/c18-3-1-16(2-4-19)8-9-5-10(17(22)23)6-12-11(9)7-13(20)14(21)15-12/h5-6,18-19H,1-4,7-8H2,(H,15,21). The van der Waals surface area contributed by atoms with Crippen molar-refractivity contribution in [2.24, 2.45) is 0 Å². The lowest BCUT2D eigenvalue weighted by atomic mass is 9.95. The van der Waals surface area contributed by atoms with E-state index in [4.69, 9.17) is 10.2 Å². The van der Waals surface area contributed by atoms with Crippen LogP contribution in [0.15, 0.2) is 12.1 Å². The van der Waals surface area contributed by atoms with Gasteiger partial charge in [-0.1, -0.05) is 0 Å². The smallest absolute Gasteiger partial charge is 0.292 e. The highest BCUT2D eigenvalue weighted by Gasteiger charge is 2.28. The van der Waals surface area contributed by atoms with Gasteiger partial charge in [-0.25, -0.2) is 0 Å². The van der Waals surface area contributed by atoms with Gasteiger partial charge in [0.15, 0.2) is 0 Å². The van der Waals surface area contributed by atoms with Crippen LogP contribution in [-0.4, -0.2) is 58.0 Å². The third-order valence-corrected chi connectivity index (χ3v) is 3.60. The summed E-state index contributed by atoms with van der Waals surface area (Å²) < 4.78 is 0. The minimum atomic E-state index is -0.786. The highest BCUT2D eigenvalue weighted by Crippen LogP contribution is 2.31. The first-order chi connectivity index (χ1) is 11.0. The second-order valence-corrected chi connectivity index (χ2v) is 5.17. The highest BCUT2D eigenvalue weighted by molar-refractivity contribution is 6.42. The molecule has 0 unspecified atom stereocenters. The Bertz CT molecular complexity index is 640. The van der Waals surface area contributed by atoms with Crippen LogP contribution in [0.5, 0.6) is 0 Å². The molecule has 0 radical (unpaired) electrons. The molecule has 0 aliphatic carbocycles. The van der Waals surface area contributed by atoms with Gasteiger partial charge in [0.2, 0.25) is 5.78 Å². The van der Waals surface area contributed by atoms with E-state index in [2.05, 4.69) is 5.32 Å². The number of nitrogens with one attached hydrogen (secondary N) is 1. The molecular weight excluding hydrogens is 306 g/mol. The third kappa shape index (κ3) is 3.89. The molecule has 1 amide bonds. The van der Waals surface area contributed by atoms with E-state index >= 15 is 0 Å². The molecule has 124 valence electrons. The van der Waals surface area contributed by atoms with Crippen LogP contribution in [-0.2, 0) is 22.6 Å². The summed E-state index contributed by atoms with van der Waals surface area (Å²) in [5, 5.41) is 31.5. The zero-order valence-corrected chi connectivity index (χ0v) is 12.3. The monoisotopic (exact) mass is 323 g/mol. The first-order valence-corrected chi connectivity index (χ1v) is 7.04. The number of fused-ring (bicyclic) bond motifs is 1. The van der Waals surface area contributed by atoms with Crippen molar-refractivity contribution in [2.75, 3.05) is 31.6 Å². The summed E-state index contributed by atoms with van der Waals surface area (Å²) in [6, 6.07) is 2.58. The van der Waals surface area contributed by atoms with E-state index < -0.39 is 16.6 Å². The van der Waals surface area contributed by atoms with Crippen LogP contribution >= 0.6 is 0 Å². The van der Waals surface area contributed by atoms with Crippen molar-refractivity contribution in [3.05, 3.63) is 33.4 Å². The predicted octanol–water partition coefficient (Wildman–Crippen LogP) is -0.555. The van der Waals surface area contributed by atoms with Crippen LogP contribution < -0.4 is 5.32 Å². The van der Waals surface area contributed by atoms with E-state index in [1.807, 2.05) is 0 Å². The van der Waals surface area contributed by atoms with Crippen molar-refractivity contribution in [1.82, 2.24) is 4.90 Å². The Morgan fingerprint density at radius 1 is 1.22 bits per heavy atom. The van der Waals surface area contributed by atoms with Gasteiger partial charge in [-0.15, -0.1) is 0 Å². The number of non-ortho nitro benzene ring substituents is 1. The number of nitrogens with zero attached hydrogens (tertiary/aromatic N) is 2. The number of hydrogen-bond acceptors (Lipinski definition) is 7. The van der Waals surface area contributed by atoms with E-state index in [0.29, 0.717) is 11.1 Å². The van der Waals surface area contributed by atoms with Crippen molar-refractivity contribution in [3.8, 4) is 0 Å².